The van der Waals surface area contributed by atoms with Gasteiger partial charge in [-0.3, -0.25) is 0 Å². The van der Waals surface area contributed by atoms with Crippen LogP contribution in [0, 0.1) is 0 Å². The molecule has 1 aliphatic heterocycles. The molecule has 0 radical (unpaired) electrons. The van der Waals surface area contributed by atoms with Crippen molar-refractivity contribution >= 4 is 34.9 Å². The number of hydrogen-bond acceptors (Lipinski definition) is 7. The van der Waals surface area contributed by atoms with Gasteiger partial charge in [0, 0.05) is 32.9 Å². The van der Waals surface area contributed by atoms with Gasteiger partial charge < -0.3 is 14.8 Å². The minimum absolute atomic E-state index is 0.229. The van der Waals surface area contributed by atoms with Gasteiger partial charge in [0.2, 0.25) is 0 Å². The predicted octanol–water partition coefficient (Wildman–Crippen LogP) is 6.49. The molecule has 3 aromatic rings. The fraction of sp³-hybridized carbons (Fsp3) is 0.250. The van der Waals surface area contributed by atoms with Gasteiger partial charge in [-0.15, -0.1) is 11.3 Å². The third-order valence-corrected chi connectivity index (χ3v) is 7.01. The summed E-state index contributed by atoms with van der Waals surface area (Å²) >= 11 is 7.55. The number of nitrogens with zero attached hydrogens (tertiary/aromatic N) is 1. The molecule has 0 atom stereocenters. The van der Waals surface area contributed by atoms with Gasteiger partial charge in [0.15, 0.2) is 0 Å². The van der Waals surface area contributed by atoms with Gasteiger partial charge in [-0.1, -0.05) is 41.9 Å². The first-order valence-electron chi connectivity index (χ1n) is 11.7. The Labute approximate surface area is 219 Å². The van der Waals surface area contributed by atoms with Crippen LogP contribution in [-0.4, -0.2) is 30.1 Å². The van der Waals surface area contributed by atoms with E-state index in [2.05, 4.69) is 5.32 Å². The molecule has 0 saturated carbocycles. The maximum atomic E-state index is 13.0. The lowest BCUT2D eigenvalue weighted by Gasteiger charge is -2.30. The molecule has 36 heavy (non-hydrogen) atoms. The number of carbonyl (C=O) groups excluding carboxylic acids is 2. The summed E-state index contributed by atoms with van der Waals surface area (Å²) in [6.07, 6.45) is 0. The quantitative estimate of drug-likeness (QED) is 0.357. The summed E-state index contributed by atoms with van der Waals surface area (Å²) in [5.41, 5.74) is 5.57. The van der Waals surface area contributed by atoms with Crippen molar-refractivity contribution in [3.05, 3.63) is 87.0 Å². The van der Waals surface area contributed by atoms with Crippen LogP contribution in [0.2, 0.25) is 5.02 Å². The molecule has 1 aromatic heterocycles. The maximum absolute atomic E-state index is 13.0. The molecule has 8 heteroatoms. The van der Waals surface area contributed by atoms with E-state index >= 15 is 0 Å². The molecule has 1 aliphatic rings. The molecule has 1 N–H and O–H groups in total. The minimum Gasteiger partial charge on any atom is -0.463 e. The normalized spacial score (nSPS) is 14.0. The fourth-order valence-corrected chi connectivity index (χ4v) is 5.25. The summed E-state index contributed by atoms with van der Waals surface area (Å²) < 4.78 is 10.7. The van der Waals surface area contributed by atoms with Gasteiger partial charge in [0.1, 0.15) is 5.01 Å². The van der Waals surface area contributed by atoms with Gasteiger partial charge in [-0.05, 0) is 51.5 Å². The van der Waals surface area contributed by atoms with Gasteiger partial charge in [0.05, 0.1) is 36.0 Å². The third kappa shape index (κ3) is 5.22. The topological polar surface area (TPSA) is 77.5 Å². The molecular weight excluding hydrogens is 496 g/mol. The Bertz CT molecular complexity index is 1320. The number of hydrogen-bond donors (Lipinski definition) is 1. The third-order valence-electron chi connectivity index (χ3n) is 5.86. The minimum atomic E-state index is -0.639. The summed E-state index contributed by atoms with van der Waals surface area (Å²) in [5, 5.41) is 6.66. The van der Waals surface area contributed by atoms with Crippen LogP contribution in [0.5, 0.6) is 0 Å². The van der Waals surface area contributed by atoms with Crippen molar-refractivity contribution in [1.82, 2.24) is 10.3 Å². The molecule has 186 valence electrons. The number of halogens is 1. The number of thiazole rings is 1. The van der Waals surface area contributed by atoms with Gasteiger partial charge in [0.25, 0.3) is 0 Å². The van der Waals surface area contributed by atoms with Crippen molar-refractivity contribution in [3.8, 4) is 21.8 Å². The second-order valence-corrected chi connectivity index (χ2v) is 9.54. The van der Waals surface area contributed by atoms with E-state index in [4.69, 9.17) is 26.1 Å². The lowest BCUT2D eigenvalue weighted by Crippen LogP contribution is -2.32. The van der Waals surface area contributed by atoms with Crippen LogP contribution in [0.25, 0.3) is 21.8 Å². The molecule has 0 spiro atoms. The van der Waals surface area contributed by atoms with E-state index in [1.165, 1.54) is 11.3 Å². The van der Waals surface area contributed by atoms with E-state index in [0.29, 0.717) is 27.6 Å². The van der Waals surface area contributed by atoms with Crippen LogP contribution in [0.15, 0.2) is 76.5 Å². The SMILES string of the molecule is CCOC(=O)C1=C(C)NC(C)=C(C(=O)OCC)C1c1cccc(-c2nc(-c3ccc(Cl)cc3)cs2)c1. The van der Waals surface area contributed by atoms with Crippen LogP contribution in [0.3, 0.4) is 0 Å². The van der Waals surface area contributed by atoms with Crippen LogP contribution in [-0.2, 0) is 19.1 Å². The number of nitrogens with one attached hydrogen (secondary N) is 1. The molecule has 0 aliphatic carbocycles. The highest BCUT2D eigenvalue weighted by Gasteiger charge is 2.38. The molecular formula is C28H27ClN2O4S. The van der Waals surface area contributed by atoms with Gasteiger partial charge in [-0.2, -0.15) is 0 Å². The highest BCUT2D eigenvalue weighted by Crippen LogP contribution is 2.41. The zero-order valence-corrected chi connectivity index (χ0v) is 22.1. The van der Waals surface area contributed by atoms with Crippen molar-refractivity contribution in [1.29, 1.82) is 0 Å². The Hall–Kier alpha value is -3.42. The first kappa shape index (κ1) is 25.7. The van der Waals surface area contributed by atoms with Crippen LogP contribution >= 0.6 is 22.9 Å². The Morgan fingerprint density at radius 2 is 1.56 bits per heavy atom. The fourth-order valence-electron chi connectivity index (χ4n) is 4.30. The molecule has 0 unspecified atom stereocenters. The Kier molecular flexibility index (Phi) is 7.91. The smallest absolute Gasteiger partial charge is 0.336 e. The first-order chi connectivity index (χ1) is 17.3. The largest absolute Gasteiger partial charge is 0.463 e. The molecule has 0 saturated heterocycles. The number of dihydropyridines is 1. The Balaban J connectivity index is 1.79. The monoisotopic (exact) mass is 522 g/mol. The number of benzene rings is 2. The Morgan fingerprint density at radius 1 is 0.944 bits per heavy atom. The average molecular weight is 523 g/mol. The number of carbonyl (C=O) groups is 2. The van der Waals surface area contributed by atoms with E-state index in [0.717, 1.165) is 27.4 Å². The van der Waals surface area contributed by atoms with Crippen molar-refractivity contribution < 1.29 is 19.1 Å². The predicted molar refractivity (Wildman–Crippen MR) is 143 cm³/mol. The summed E-state index contributed by atoms with van der Waals surface area (Å²) in [7, 11) is 0. The van der Waals surface area contributed by atoms with E-state index < -0.39 is 17.9 Å². The van der Waals surface area contributed by atoms with Gasteiger partial charge in [-0.25, -0.2) is 14.6 Å². The highest BCUT2D eigenvalue weighted by atomic mass is 35.5. The molecule has 0 bridgehead atoms. The van der Waals surface area contributed by atoms with Crippen molar-refractivity contribution in [2.45, 2.75) is 33.6 Å². The standard InChI is InChI=1S/C28H27ClN2O4S/c1-5-34-27(32)23-16(3)30-17(4)24(28(33)35-6-2)25(23)19-8-7-9-20(14-19)26-31-22(15-36-26)18-10-12-21(29)13-11-18/h7-15,25,30H,5-6H2,1-4H3. The second-order valence-electron chi connectivity index (χ2n) is 8.25. The summed E-state index contributed by atoms with van der Waals surface area (Å²) in [6.45, 7) is 7.60. The zero-order valence-electron chi connectivity index (χ0n) is 20.6. The summed E-state index contributed by atoms with van der Waals surface area (Å²) in [6, 6.07) is 15.3. The number of esters is 2. The maximum Gasteiger partial charge on any atom is 0.336 e. The Morgan fingerprint density at radius 3 is 2.14 bits per heavy atom. The average Bonchev–Trinajstić information content (AvgIpc) is 3.35. The number of rotatable bonds is 7. The number of allylic oxidation sites excluding steroid dienone is 2. The molecule has 0 fully saturated rings. The summed E-state index contributed by atoms with van der Waals surface area (Å²) in [5.74, 6) is -1.57. The molecule has 6 nitrogen and oxygen atoms in total. The lowest BCUT2D eigenvalue weighted by atomic mass is 9.80. The van der Waals surface area contributed by atoms with E-state index in [1.54, 1.807) is 13.8 Å². The van der Waals surface area contributed by atoms with Gasteiger partial charge >= 0.3 is 11.9 Å². The first-order valence-corrected chi connectivity index (χ1v) is 12.9. The lowest BCUT2D eigenvalue weighted by molar-refractivity contribution is -0.139. The molecule has 2 aromatic carbocycles. The van der Waals surface area contributed by atoms with Crippen molar-refractivity contribution in [2.24, 2.45) is 0 Å². The highest BCUT2D eigenvalue weighted by molar-refractivity contribution is 7.13. The zero-order chi connectivity index (χ0) is 25.8. The second kappa shape index (κ2) is 11.1. The number of aromatic nitrogens is 1. The van der Waals surface area contributed by atoms with E-state index in [9.17, 15) is 9.59 Å². The van der Waals surface area contributed by atoms with Crippen LogP contribution in [0.4, 0.5) is 0 Å². The van der Waals surface area contributed by atoms with E-state index in [-0.39, 0.29) is 13.2 Å². The molecule has 2 heterocycles. The van der Waals surface area contributed by atoms with E-state index in [1.807, 2.05) is 67.8 Å². The number of ether oxygens (including phenoxy) is 2. The van der Waals surface area contributed by atoms with Crippen LogP contribution < -0.4 is 5.32 Å². The van der Waals surface area contributed by atoms with Crippen LogP contribution in [0.1, 0.15) is 39.2 Å². The molecule has 0 amide bonds. The summed E-state index contributed by atoms with van der Waals surface area (Å²) in [4.78, 5) is 30.9. The van der Waals surface area contributed by atoms with Crippen molar-refractivity contribution in [2.75, 3.05) is 13.2 Å². The van der Waals surface area contributed by atoms with Crippen molar-refractivity contribution in [3.63, 3.8) is 0 Å². The molecule has 4 rings (SSSR count).